The topological polar surface area (TPSA) is 122 Å². The summed E-state index contributed by atoms with van der Waals surface area (Å²) in [6.07, 6.45) is 2.71. The number of aliphatic hydroxyl groups is 1. The first-order valence-electron chi connectivity index (χ1n) is 11.1. The number of esters is 1. The van der Waals surface area contributed by atoms with Gasteiger partial charge in [0.1, 0.15) is 17.9 Å². The van der Waals surface area contributed by atoms with Crippen LogP contribution in [0.4, 0.5) is 0 Å². The Kier molecular flexibility index (Phi) is 11.1. The van der Waals surface area contributed by atoms with Crippen LogP contribution in [-0.4, -0.2) is 64.5 Å². The number of ether oxygens (including phenoxy) is 1. The quantitative estimate of drug-likeness (QED) is 0.308. The van der Waals surface area contributed by atoms with E-state index in [0.29, 0.717) is 18.6 Å². The molecular formula is C22H34N2O6S2. The maximum atomic E-state index is 13.1. The molecule has 0 aliphatic carbocycles. The average Bonchev–Trinajstić information content (AvgIpc) is 2.73. The number of hydrogen-bond donors (Lipinski definition) is 3. The van der Waals surface area contributed by atoms with E-state index >= 15 is 0 Å². The molecule has 2 aliphatic heterocycles. The van der Waals surface area contributed by atoms with Gasteiger partial charge in [-0.2, -0.15) is 0 Å². The fraction of sp³-hybridized carbons (Fsp3) is 0.727. The molecule has 3 N–H and O–H groups in total. The van der Waals surface area contributed by atoms with E-state index in [0.717, 1.165) is 5.75 Å². The monoisotopic (exact) mass is 486 g/mol. The molecular weight excluding hydrogens is 452 g/mol. The molecule has 0 saturated carbocycles. The van der Waals surface area contributed by atoms with Crippen molar-refractivity contribution in [3.05, 3.63) is 12.2 Å². The molecule has 2 aliphatic rings. The number of nitrogens with one attached hydrogen (secondary N) is 2. The molecule has 2 heterocycles. The van der Waals surface area contributed by atoms with Crippen LogP contribution < -0.4 is 10.6 Å². The minimum absolute atomic E-state index is 0.0118. The van der Waals surface area contributed by atoms with E-state index in [-0.39, 0.29) is 36.9 Å². The summed E-state index contributed by atoms with van der Waals surface area (Å²) in [6, 6.07) is -1.50. The van der Waals surface area contributed by atoms with Crippen molar-refractivity contribution in [3.63, 3.8) is 0 Å². The van der Waals surface area contributed by atoms with Crippen molar-refractivity contribution in [1.82, 2.24) is 10.6 Å². The van der Waals surface area contributed by atoms with Crippen LogP contribution in [0, 0.1) is 11.8 Å². The second-order valence-corrected chi connectivity index (χ2v) is 11.1. The van der Waals surface area contributed by atoms with Crippen LogP contribution in [0.2, 0.25) is 0 Å². The number of amides is 2. The summed E-state index contributed by atoms with van der Waals surface area (Å²) in [5, 5.41) is 16.4. The molecule has 8 nitrogen and oxygen atoms in total. The number of aliphatic hydroxyl groups excluding tert-OH is 1. The first-order chi connectivity index (χ1) is 15.2. The Morgan fingerprint density at radius 1 is 1.12 bits per heavy atom. The van der Waals surface area contributed by atoms with Crippen LogP contribution in [0.1, 0.15) is 52.9 Å². The third-order valence-corrected chi connectivity index (χ3v) is 8.17. The molecule has 2 rings (SSSR count). The van der Waals surface area contributed by atoms with E-state index in [4.69, 9.17) is 4.74 Å². The maximum absolute atomic E-state index is 13.1. The SMILES string of the molecule is CC[C@H](C)[C@H]1NC(=O)[C@H]2CSSCC/C=C/C(CC(=O)C[C@H](C)C(=O)N2)OC(=O)C[C@@H]1O. The minimum atomic E-state index is -1.16. The Bertz CT molecular complexity index is 717. The van der Waals surface area contributed by atoms with Crippen molar-refractivity contribution in [2.45, 2.75) is 77.2 Å². The summed E-state index contributed by atoms with van der Waals surface area (Å²) in [6.45, 7) is 5.46. The number of hydrogen-bond acceptors (Lipinski definition) is 8. The molecule has 0 spiro atoms. The molecule has 0 aromatic heterocycles. The Balaban J connectivity index is 2.43. The standard InChI is InChI=1S/C22H34N2O6S2/c1-4-13(2)20-18(26)11-19(27)30-16-7-5-6-8-31-32-12-17(22(29)24-20)23-21(28)14(3)9-15(25)10-16/h5,7,13-14,16-18,20,26H,4,6,8-12H2,1-3H3,(H,23,28)(H,24,29)/b7-5+/t13-,14-,16?,17+,18-,20+/m0/s1. The third-order valence-electron chi connectivity index (χ3n) is 5.72. The molecule has 6 atom stereocenters. The van der Waals surface area contributed by atoms with Crippen molar-refractivity contribution < 1.29 is 29.0 Å². The molecule has 180 valence electrons. The average molecular weight is 487 g/mol. The van der Waals surface area contributed by atoms with Gasteiger partial charge in [-0.3, -0.25) is 19.2 Å². The summed E-state index contributed by atoms with van der Waals surface area (Å²) in [7, 11) is 3.07. The Morgan fingerprint density at radius 3 is 2.59 bits per heavy atom. The molecule has 0 aromatic carbocycles. The fourth-order valence-electron chi connectivity index (χ4n) is 3.58. The highest BCUT2D eigenvalue weighted by Gasteiger charge is 2.33. The Morgan fingerprint density at radius 2 is 1.88 bits per heavy atom. The van der Waals surface area contributed by atoms with Crippen molar-refractivity contribution in [2.24, 2.45) is 11.8 Å². The lowest BCUT2D eigenvalue weighted by molar-refractivity contribution is -0.151. The summed E-state index contributed by atoms with van der Waals surface area (Å²) in [5.74, 6) is -1.24. The lowest BCUT2D eigenvalue weighted by Crippen LogP contribution is -2.56. The van der Waals surface area contributed by atoms with Gasteiger partial charge in [0.2, 0.25) is 11.8 Å². The molecule has 1 saturated heterocycles. The summed E-state index contributed by atoms with van der Waals surface area (Å²) in [5.41, 5.74) is 0. The normalized spacial score (nSPS) is 33.6. The van der Waals surface area contributed by atoms with Crippen LogP contribution in [0.15, 0.2) is 12.2 Å². The van der Waals surface area contributed by atoms with Crippen LogP contribution in [-0.2, 0) is 23.9 Å². The van der Waals surface area contributed by atoms with Gasteiger partial charge in [-0.1, -0.05) is 54.9 Å². The first kappa shape index (κ1) is 26.7. The number of carbonyl (C=O) groups is 4. The van der Waals surface area contributed by atoms with Gasteiger partial charge in [-0.15, -0.1) is 0 Å². The van der Waals surface area contributed by atoms with Gasteiger partial charge < -0.3 is 20.5 Å². The van der Waals surface area contributed by atoms with Gasteiger partial charge in [0.15, 0.2) is 0 Å². The minimum Gasteiger partial charge on any atom is -0.458 e. The van der Waals surface area contributed by atoms with Crippen LogP contribution in [0.3, 0.4) is 0 Å². The van der Waals surface area contributed by atoms with Crippen molar-refractivity contribution in [2.75, 3.05) is 11.5 Å². The zero-order chi connectivity index (χ0) is 23.7. The van der Waals surface area contributed by atoms with E-state index in [1.54, 1.807) is 23.8 Å². The number of ketones is 1. The third kappa shape index (κ3) is 8.44. The number of fused-ring (bicyclic) bond motifs is 7. The molecule has 10 heteroatoms. The fourth-order valence-corrected chi connectivity index (χ4v) is 5.73. The summed E-state index contributed by atoms with van der Waals surface area (Å²) < 4.78 is 5.50. The second kappa shape index (κ2) is 13.3. The maximum Gasteiger partial charge on any atom is 0.309 e. The summed E-state index contributed by atoms with van der Waals surface area (Å²) >= 11 is 0. The lowest BCUT2D eigenvalue weighted by Gasteiger charge is -2.30. The largest absolute Gasteiger partial charge is 0.458 e. The highest BCUT2D eigenvalue weighted by atomic mass is 33.1. The molecule has 1 unspecified atom stereocenters. The number of rotatable bonds is 2. The van der Waals surface area contributed by atoms with E-state index in [9.17, 15) is 24.3 Å². The molecule has 1 fully saturated rings. The van der Waals surface area contributed by atoms with Gasteiger partial charge in [-0.25, -0.2) is 0 Å². The Hall–Kier alpha value is -1.52. The lowest BCUT2D eigenvalue weighted by atomic mass is 9.92. The zero-order valence-corrected chi connectivity index (χ0v) is 20.5. The van der Waals surface area contributed by atoms with E-state index in [1.807, 2.05) is 19.9 Å². The summed E-state index contributed by atoms with van der Waals surface area (Å²) in [4.78, 5) is 50.9. The highest BCUT2D eigenvalue weighted by Crippen LogP contribution is 2.24. The number of Topliss-reactive ketones (excluding diaryl/α,β-unsaturated/α-hetero) is 1. The van der Waals surface area contributed by atoms with Crippen LogP contribution >= 0.6 is 21.6 Å². The molecule has 0 aromatic rings. The molecule has 0 radical (unpaired) electrons. The van der Waals surface area contributed by atoms with Crippen molar-refractivity contribution in [1.29, 1.82) is 0 Å². The molecule has 2 bridgehead atoms. The van der Waals surface area contributed by atoms with Crippen molar-refractivity contribution >= 4 is 45.2 Å². The van der Waals surface area contributed by atoms with Crippen LogP contribution in [0.5, 0.6) is 0 Å². The van der Waals surface area contributed by atoms with Gasteiger partial charge in [0, 0.05) is 30.3 Å². The van der Waals surface area contributed by atoms with Gasteiger partial charge >= 0.3 is 5.97 Å². The first-order valence-corrected chi connectivity index (χ1v) is 13.6. The predicted octanol–water partition coefficient (Wildman–Crippen LogP) is 2.01. The highest BCUT2D eigenvalue weighted by molar-refractivity contribution is 8.76. The van der Waals surface area contributed by atoms with Crippen molar-refractivity contribution in [3.8, 4) is 0 Å². The second-order valence-electron chi connectivity index (χ2n) is 8.45. The number of allylic oxidation sites excluding steroid dienone is 1. The predicted molar refractivity (Wildman–Crippen MR) is 126 cm³/mol. The zero-order valence-electron chi connectivity index (χ0n) is 18.9. The van der Waals surface area contributed by atoms with E-state index in [2.05, 4.69) is 10.6 Å². The number of carbonyl (C=O) groups excluding carboxylic acids is 4. The molecule has 32 heavy (non-hydrogen) atoms. The van der Waals surface area contributed by atoms with E-state index < -0.39 is 42.1 Å². The smallest absolute Gasteiger partial charge is 0.309 e. The van der Waals surface area contributed by atoms with Gasteiger partial charge in [0.25, 0.3) is 0 Å². The van der Waals surface area contributed by atoms with Gasteiger partial charge in [-0.05, 0) is 18.4 Å². The van der Waals surface area contributed by atoms with E-state index in [1.165, 1.54) is 10.8 Å². The molecule has 2 amide bonds. The van der Waals surface area contributed by atoms with Gasteiger partial charge in [0.05, 0.1) is 18.6 Å². The van der Waals surface area contributed by atoms with Crippen LogP contribution in [0.25, 0.3) is 0 Å². The Labute approximate surface area is 197 Å².